The van der Waals surface area contributed by atoms with E-state index in [4.69, 9.17) is 10.8 Å². The highest BCUT2D eigenvalue weighted by atomic mass is 16.4. The topological polar surface area (TPSA) is 187 Å². The molecule has 0 fully saturated rings. The number of hydrogen-bond donors (Lipinski definition) is 7. The Bertz CT molecular complexity index is 956. The van der Waals surface area contributed by atoms with Crippen LogP contribution in [0.5, 0.6) is 0 Å². The number of carboxylic acids is 1. The number of aliphatic carboxylic acids is 1. The van der Waals surface area contributed by atoms with Crippen LogP contribution >= 0.6 is 0 Å². The number of carbonyl (C=O) groups excluding carboxylic acids is 3. The van der Waals surface area contributed by atoms with Crippen LogP contribution in [0.1, 0.15) is 19.4 Å². The molecule has 168 valence electrons. The van der Waals surface area contributed by atoms with Crippen molar-refractivity contribution in [2.75, 3.05) is 6.54 Å². The minimum absolute atomic E-state index is 0.0985. The van der Waals surface area contributed by atoms with Gasteiger partial charge in [0, 0.05) is 23.5 Å². The van der Waals surface area contributed by atoms with Crippen molar-refractivity contribution in [3.8, 4) is 0 Å². The van der Waals surface area contributed by atoms with Gasteiger partial charge in [-0.15, -0.1) is 0 Å². The summed E-state index contributed by atoms with van der Waals surface area (Å²) in [5, 5.41) is 26.4. The maximum Gasteiger partial charge on any atom is 0.325 e. The predicted molar refractivity (Wildman–Crippen MR) is 112 cm³/mol. The largest absolute Gasteiger partial charge is 0.480 e. The van der Waals surface area contributed by atoms with Crippen molar-refractivity contribution in [2.45, 2.75) is 44.5 Å². The van der Waals surface area contributed by atoms with Gasteiger partial charge in [0.25, 0.3) is 0 Å². The Morgan fingerprint density at radius 3 is 2.42 bits per heavy atom. The highest BCUT2D eigenvalue weighted by Gasteiger charge is 2.27. The van der Waals surface area contributed by atoms with E-state index in [1.165, 1.54) is 13.8 Å². The van der Waals surface area contributed by atoms with Gasteiger partial charge in [-0.25, -0.2) is 0 Å². The Morgan fingerprint density at radius 1 is 1.10 bits per heavy atom. The van der Waals surface area contributed by atoms with Crippen LogP contribution < -0.4 is 21.7 Å². The molecule has 0 radical (unpaired) electrons. The molecule has 0 spiro atoms. The lowest BCUT2D eigenvalue weighted by Crippen LogP contribution is -2.56. The molecule has 2 aromatic rings. The average molecular weight is 433 g/mol. The van der Waals surface area contributed by atoms with Crippen molar-refractivity contribution < 1.29 is 29.4 Å². The Morgan fingerprint density at radius 2 is 1.77 bits per heavy atom. The molecule has 4 atom stereocenters. The minimum atomic E-state index is -1.24. The first-order valence-electron chi connectivity index (χ1n) is 9.69. The number of nitrogens with two attached hydrogens (primary N) is 1. The summed E-state index contributed by atoms with van der Waals surface area (Å²) < 4.78 is 0. The number of H-pyrrole nitrogens is 1. The molecule has 2 rings (SSSR count). The maximum atomic E-state index is 12.7. The van der Waals surface area contributed by atoms with Gasteiger partial charge < -0.3 is 36.9 Å². The summed E-state index contributed by atoms with van der Waals surface area (Å²) in [5.41, 5.74) is 7.27. The lowest BCUT2D eigenvalue weighted by Gasteiger charge is -2.22. The van der Waals surface area contributed by atoms with Gasteiger partial charge in [-0.2, -0.15) is 0 Å². The number of nitrogens with one attached hydrogen (secondary N) is 4. The smallest absolute Gasteiger partial charge is 0.325 e. The number of rotatable bonds is 10. The number of hydrogen-bond acceptors (Lipinski definition) is 6. The molecule has 0 aliphatic heterocycles. The average Bonchev–Trinajstić information content (AvgIpc) is 3.13. The summed E-state index contributed by atoms with van der Waals surface area (Å²) in [7, 11) is 0. The fourth-order valence-electron chi connectivity index (χ4n) is 2.86. The number of fused-ring (bicyclic) bond motifs is 1. The van der Waals surface area contributed by atoms with Gasteiger partial charge in [0.2, 0.25) is 17.7 Å². The Kier molecular flexibility index (Phi) is 8.11. The molecule has 1 heterocycles. The standard InChI is InChI=1S/C20H27N5O6/c1-10(20(30)31)24-16(27)9-23-18(28)15(25-19(29)17(21)11(2)26)7-12-8-22-14-6-4-3-5-13(12)14/h3-6,8,10-11,15,17,22,26H,7,9,21H2,1-2H3,(H,23,28)(H,24,27)(H,25,29)(H,30,31). The van der Waals surface area contributed by atoms with Crippen LogP contribution in [0.4, 0.5) is 0 Å². The summed E-state index contributed by atoms with van der Waals surface area (Å²) in [6.07, 6.45) is 0.689. The SMILES string of the molecule is CC(NC(=O)CNC(=O)C(Cc1c[nH]c2ccccc12)NC(=O)C(N)C(C)O)C(=O)O. The fourth-order valence-corrected chi connectivity index (χ4v) is 2.86. The second-order valence-electron chi connectivity index (χ2n) is 7.24. The quantitative estimate of drug-likeness (QED) is 0.240. The van der Waals surface area contributed by atoms with Crippen LogP contribution in [0.2, 0.25) is 0 Å². The van der Waals surface area contributed by atoms with Gasteiger partial charge >= 0.3 is 5.97 Å². The van der Waals surface area contributed by atoms with Crippen molar-refractivity contribution >= 4 is 34.6 Å². The number of benzene rings is 1. The van der Waals surface area contributed by atoms with Crippen LogP contribution in [0.15, 0.2) is 30.5 Å². The summed E-state index contributed by atoms with van der Waals surface area (Å²) in [6, 6.07) is 3.98. The number of para-hydroxylation sites is 1. The minimum Gasteiger partial charge on any atom is -0.480 e. The molecule has 0 saturated carbocycles. The van der Waals surface area contributed by atoms with Crippen LogP contribution in [0.25, 0.3) is 10.9 Å². The number of amides is 3. The van der Waals surface area contributed by atoms with Crippen molar-refractivity contribution in [1.82, 2.24) is 20.9 Å². The van der Waals surface area contributed by atoms with Crippen molar-refractivity contribution in [2.24, 2.45) is 5.73 Å². The number of carboxylic acid groups (broad SMARTS) is 1. The number of aromatic nitrogens is 1. The van der Waals surface area contributed by atoms with Crippen molar-refractivity contribution in [3.63, 3.8) is 0 Å². The van der Waals surface area contributed by atoms with E-state index in [-0.39, 0.29) is 6.42 Å². The first-order chi connectivity index (χ1) is 14.6. The van der Waals surface area contributed by atoms with E-state index in [1.54, 1.807) is 6.20 Å². The Labute approximate surface area is 178 Å². The first-order valence-corrected chi connectivity index (χ1v) is 9.69. The molecule has 11 nitrogen and oxygen atoms in total. The third kappa shape index (κ3) is 6.52. The zero-order valence-electron chi connectivity index (χ0n) is 17.2. The van der Waals surface area contributed by atoms with E-state index in [2.05, 4.69) is 20.9 Å². The summed E-state index contributed by atoms with van der Waals surface area (Å²) >= 11 is 0. The Hall–Kier alpha value is -3.44. The molecule has 3 amide bonds. The van der Waals surface area contributed by atoms with E-state index < -0.39 is 54.5 Å². The van der Waals surface area contributed by atoms with Gasteiger partial charge in [-0.1, -0.05) is 18.2 Å². The van der Waals surface area contributed by atoms with Crippen molar-refractivity contribution in [3.05, 3.63) is 36.0 Å². The monoisotopic (exact) mass is 433 g/mol. The molecule has 1 aromatic carbocycles. The van der Waals surface area contributed by atoms with Gasteiger partial charge in [0.1, 0.15) is 18.1 Å². The van der Waals surface area contributed by atoms with Gasteiger partial charge in [-0.3, -0.25) is 19.2 Å². The predicted octanol–water partition coefficient (Wildman–Crippen LogP) is -1.39. The van der Waals surface area contributed by atoms with E-state index >= 15 is 0 Å². The normalized spacial score (nSPS) is 14.8. The molecular formula is C20H27N5O6. The van der Waals surface area contributed by atoms with E-state index in [0.29, 0.717) is 0 Å². The first kappa shape index (κ1) is 23.8. The second kappa shape index (κ2) is 10.5. The third-order valence-electron chi connectivity index (χ3n) is 4.73. The van der Waals surface area contributed by atoms with Crippen LogP contribution in [0.3, 0.4) is 0 Å². The highest BCUT2D eigenvalue weighted by molar-refractivity contribution is 5.93. The number of aliphatic hydroxyl groups excluding tert-OH is 1. The Balaban J connectivity index is 2.12. The van der Waals surface area contributed by atoms with Crippen molar-refractivity contribution in [1.29, 1.82) is 0 Å². The second-order valence-corrected chi connectivity index (χ2v) is 7.24. The van der Waals surface area contributed by atoms with Gasteiger partial charge in [0.15, 0.2) is 0 Å². The highest BCUT2D eigenvalue weighted by Crippen LogP contribution is 2.19. The molecule has 0 bridgehead atoms. The van der Waals surface area contributed by atoms with E-state index in [1.807, 2.05) is 24.3 Å². The van der Waals surface area contributed by atoms with Crippen LogP contribution in [-0.2, 0) is 25.6 Å². The molecule has 31 heavy (non-hydrogen) atoms. The zero-order valence-corrected chi connectivity index (χ0v) is 17.2. The third-order valence-corrected chi connectivity index (χ3v) is 4.73. The molecule has 8 N–H and O–H groups in total. The molecule has 4 unspecified atom stereocenters. The van der Waals surface area contributed by atoms with Crippen LogP contribution in [0, 0.1) is 0 Å². The summed E-state index contributed by atoms with van der Waals surface area (Å²) in [4.78, 5) is 50.8. The summed E-state index contributed by atoms with van der Waals surface area (Å²) in [5.74, 6) is -3.29. The fraction of sp³-hybridized carbons (Fsp3) is 0.400. The molecular weight excluding hydrogens is 406 g/mol. The van der Waals surface area contributed by atoms with E-state index in [9.17, 15) is 24.3 Å². The molecule has 11 heteroatoms. The zero-order chi connectivity index (χ0) is 23.1. The van der Waals surface area contributed by atoms with Crippen LogP contribution in [-0.4, -0.2) is 69.7 Å². The number of aromatic amines is 1. The van der Waals surface area contributed by atoms with Gasteiger partial charge in [0.05, 0.1) is 12.6 Å². The molecule has 0 aliphatic rings. The lowest BCUT2D eigenvalue weighted by atomic mass is 10.0. The summed E-state index contributed by atoms with van der Waals surface area (Å²) in [6.45, 7) is 2.17. The number of aliphatic hydroxyl groups is 1. The number of carbonyl (C=O) groups is 4. The maximum absolute atomic E-state index is 12.7. The molecule has 0 aliphatic carbocycles. The van der Waals surface area contributed by atoms with E-state index in [0.717, 1.165) is 16.5 Å². The molecule has 1 aromatic heterocycles. The van der Waals surface area contributed by atoms with Gasteiger partial charge in [-0.05, 0) is 25.5 Å². The lowest BCUT2D eigenvalue weighted by molar-refractivity contribution is -0.141. The molecule has 0 saturated heterocycles.